The fourth-order valence-corrected chi connectivity index (χ4v) is 3.15. The minimum absolute atomic E-state index is 0.128. The van der Waals surface area contributed by atoms with Crippen molar-refractivity contribution in [1.29, 1.82) is 0 Å². The van der Waals surface area contributed by atoms with Crippen LogP contribution in [-0.2, 0) is 25.2 Å². The van der Waals surface area contributed by atoms with E-state index in [1.165, 1.54) is 10.6 Å². The molecule has 0 spiro atoms. The van der Waals surface area contributed by atoms with E-state index < -0.39 is 23.2 Å². The van der Waals surface area contributed by atoms with E-state index in [0.717, 1.165) is 7.05 Å². The second-order valence-corrected chi connectivity index (χ2v) is 8.15. The number of ether oxygens (including phenoxy) is 1. The zero-order chi connectivity index (χ0) is 23.3. The van der Waals surface area contributed by atoms with E-state index in [0.29, 0.717) is 15.9 Å². The molecule has 0 unspecified atom stereocenters. The zero-order valence-corrected chi connectivity index (χ0v) is 17.6. The normalized spacial score (nSPS) is 12.5. The third kappa shape index (κ3) is 3.99. The molecule has 3 heterocycles. The van der Waals surface area contributed by atoms with Gasteiger partial charge < -0.3 is 4.74 Å². The maximum atomic E-state index is 14.3. The number of aromatic nitrogens is 7. The molecule has 0 fully saturated rings. The molecule has 168 valence electrons. The molecular weight excluding hydrogens is 430 g/mol. The van der Waals surface area contributed by atoms with Crippen molar-refractivity contribution in [3.8, 4) is 17.3 Å². The summed E-state index contributed by atoms with van der Waals surface area (Å²) in [6.07, 6.45) is -4.63. The average molecular weight is 449 g/mol. The molecule has 0 amide bonds. The summed E-state index contributed by atoms with van der Waals surface area (Å²) in [6, 6.07) is 7.75. The molecule has 0 bridgehead atoms. The van der Waals surface area contributed by atoms with Crippen LogP contribution in [0.15, 0.2) is 30.3 Å². The summed E-state index contributed by atoms with van der Waals surface area (Å²) < 4.78 is 61.0. The van der Waals surface area contributed by atoms with Gasteiger partial charge in [0.1, 0.15) is 5.82 Å². The summed E-state index contributed by atoms with van der Waals surface area (Å²) in [4.78, 5) is 3.51. The van der Waals surface area contributed by atoms with Gasteiger partial charge >= 0.3 is 6.18 Å². The molecule has 0 aliphatic rings. The van der Waals surface area contributed by atoms with Gasteiger partial charge in [-0.25, -0.2) is 14.1 Å². The Balaban J connectivity index is 1.75. The molecule has 8 nitrogen and oxygen atoms in total. The summed E-state index contributed by atoms with van der Waals surface area (Å²) in [6.45, 7) is 5.41. The van der Waals surface area contributed by atoms with Crippen LogP contribution in [-0.4, -0.2) is 34.6 Å². The quantitative estimate of drug-likeness (QED) is 0.439. The summed E-state index contributed by atoms with van der Waals surface area (Å²) >= 11 is 0. The summed E-state index contributed by atoms with van der Waals surface area (Å²) in [7, 11) is 1.15. The predicted molar refractivity (Wildman–Crippen MR) is 105 cm³/mol. The van der Waals surface area contributed by atoms with Crippen LogP contribution in [0.1, 0.15) is 38.0 Å². The van der Waals surface area contributed by atoms with Crippen LogP contribution in [0.3, 0.4) is 0 Å². The van der Waals surface area contributed by atoms with Crippen LogP contribution < -0.4 is 4.74 Å². The van der Waals surface area contributed by atoms with Crippen LogP contribution in [0.2, 0.25) is 0 Å². The first-order valence-corrected chi connectivity index (χ1v) is 9.57. The number of hydrogen-bond acceptors (Lipinski definition) is 6. The van der Waals surface area contributed by atoms with E-state index in [4.69, 9.17) is 4.74 Å². The van der Waals surface area contributed by atoms with Gasteiger partial charge in [0, 0.05) is 12.6 Å². The van der Waals surface area contributed by atoms with Crippen molar-refractivity contribution in [3.63, 3.8) is 0 Å². The van der Waals surface area contributed by atoms with E-state index in [-0.39, 0.29) is 29.7 Å². The van der Waals surface area contributed by atoms with E-state index in [2.05, 4.69) is 25.4 Å². The Morgan fingerprint density at radius 1 is 1.03 bits per heavy atom. The third-order valence-corrected chi connectivity index (χ3v) is 4.68. The lowest BCUT2D eigenvalue weighted by atomic mass is 9.88. The first-order chi connectivity index (χ1) is 14.9. The number of alkyl halides is 3. The molecular formula is C20H19F4N7O. The van der Waals surface area contributed by atoms with Crippen LogP contribution in [0.25, 0.3) is 17.0 Å². The monoisotopic (exact) mass is 449 g/mol. The van der Waals surface area contributed by atoms with Crippen molar-refractivity contribution in [2.75, 3.05) is 0 Å². The van der Waals surface area contributed by atoms with Crippen molar-refractivity contribution in [3.05, 3.63) is 53.4 Å². The lowest BCUT2D eigenvalue weighted by molar-refractivity contribution is -0.147. The highest BCUT2D eigenvalue weighted by Gasteiger charge is 2.37. The Kier molecular flexibility index (Phi) is 5.10. The Morgan fingerprint density at radius 3 is 2.38 bits per heavy atom. The van der Waals surface area contributed by atoms with E-state index in [9.17, 15) is 17.6 Å². The molecule has 0 saturated heterocycles. The fourth-order valence-electron chi connectivity index (χ4n) is 3.15. The van der Waals surface area contributed by atoms with Gasteiger partial charge in [-0.05, 0) is 23.6 Å². The highest BCUT2D eigenvalue weighted by Crippen LogP contribution is 2.32. The predicted octanol–water partition coefficient (Wildman–Crippen LogP) is 3.95. The molecule has 0 aliphatic heterocycles. The molecule has 0 saturated carbocycles. The average Bonchev–Trinajstić information content (AvgIpc) is 3.28. The van der Waals surface area contributed by atoms with Crippen LogP contribution in [0.4, 0.5) is 17.6 Å². The highest BCUT2D eigenvalue weighted by atomic mass is 19.4. The molecule has 0 atom stereocenters. The van der Waals surface area contributed by atoms with Gasteiger partial charge in [-0.15, -0.1) is 15.3 Å². The van der Waals surface area contributed by atoms with Crippen molar-refractivity contribution < 1.29 is 22.3 Å². The van der Waals surface area contributed by atoms with Gasteiger partial charge in [-0.2, -0.15) is 22.8 Å². The van der Waals surface area contributed by atoms with Gasteiger partial charge in [0.2, 0.25) is 11.7 Å². The van der Waals surface area contributed by atoms with Gasteiger partial charge in [0.25, 0.3) is 0 Å². The van der Waals surface area contributed by atoms with E-state index in [1.807, 2.05) is 20.8 Å². The van der Waals surface area contributed by atoms with Crippen molar-refractivity contribution in [1.82, 2.24) is 34.6 Å². The summed E-state index contributed by atoms with van der Waals surface area (Å²) in [5.41, 5.74) is 0.770. The smallest absolute Gasteiger partial charge is 0.451 e. The topological polar surface area (TPSA) is 83.0 Å². The molecule has 3 aromatic heterocycles. The fraction of sp³-hybridized carbons (Fsp3) is 0.350. The Bertz CT molecular complexity index is 1290. The van der Waals surface area contributed by atoms with Crippen LogP contribution in [0.5, 0.6) is 5.88 Å². The lowest BCUT2D eigenvalue weighted by Crippen LogP contribution is -2.16. The maximum absolute atomic E-state index is 14.3. The van der Waals surface area contributed by atoms with Crippen LogP contribution >= 0.6 is 0 Å². The molecule has 32 heavy (non-hydrogen) atoms. The van der Waals surface area contributed by atoms with E-state index >= 15 is 0 Å². The highest BCUT2D eigenvalue weighted by molar-refractivity contribution is 5.60. The number of aryl methyl sites for hydroxylation is 1. The third-order valence-electron chi connectivity index (χ3n) is 4.68. The van der Waals surface area contributed by atoms with Crippen LogP contribution in [0, 0.1) is 5.82 Å². The minimum atomic E-state index is -4.63. The Labute approximate surface area is 179 Å². The number of benzene rings is 1. The molecule has 1 aromatic carbocycles. The number of halogens is 4. The zero-order valence-electron chi connectivity index (χ0n) is 17.6. The minimum Gasteiger partial charge on any atom is -0.468 e. The Hall–Kier alpha value is -3.57. The molecule has 0 N–H and O–H groups in total. The van der Waals surface area contributed by atoms with E-state index in [1.54, 1.807) is 24.3 Å². The van der Waals surface area contributed by atoms with Crippen molar-refractivity contribution in [2.24, 2.45) is 7.05 Å². The number of fused-ring (bicyclic) bond motifs is 1. The Morgan fingerprint density at radius 2 is 1.75 bits per heavy atom. The summed E-state index contributed by atoms with van der Waals surface area (Å²) in [5, 5.41) is 16.3. The molecule has 4 rings (SSSR count). The molecule has 0 radical (unpaired) electrons. The number of nitrogens with zero attached hydrogens (tertiary/aromatic N) is 7. The lowest BCUT2D eigenvalue weighted by Gasteiger charge is -2.21. The van der Waals surface area contributed by atoms with Gasteiger partial charge in [0.15, 0.2) is 23.9 Å². The first kappa shape index (κ1) is 21.7. The molecule has 0 aliphatic carbocycles. The first-order valence-electron chi connectivity index (χ1n) is 9.57. The summed E-state index contributed by atoms with van der Waals surface area (Å²) in [5.74, 6) is -1.48. The van der Waals surface area contributed by atoms with Crippen molar-refractivity contribution >= 4 is 5.65 Å². The SMILES string of the molecule is Cn1nc(COc2nn3c(-c4ccccc4F)nnc3cc2C(C)(C)C)nc1C(F)(F)F. The number of rotatable bonds is 4. The molecule has 12 heteroatoms. The standard InChI is InChI=1S/C20H19F4N7O/c1-19(2,3)12-9-15-26-27-16(11-7-5-6-8-13(11)21)31(15)29-17(12)32-10-14-25-18(20(22,23)24)30(4)28-14/h5-9H,10H2,1-4H3. The second kappa shape index (κ2) is 7.53. The van der Waals surface area contributed by atoms with Gasteiger partial charge in [-0.1, -0.05) is 32.9 Å². The van der Waals surface area contributed by atoms with Crippen molar-refractivity contribution in [2.45, 2.75) is 39.0 Å². The number of hydrogen-bond donors (Lipinski definition) is 0. The second-order valence-electron chi connectivity index (χ2n) is 8.15. The molecule has 4 aromatic rings. The maximum Gasteiger partial charge on any atom is 0.451 e. The van der Waals surface area contributed by atoms with Gasteiger partial charge in [-0.3, -0.25) is 0 Å². The van der Waals surface area contributed by atoms with Gasteiger partial charge in [0.05, 0.1) is 5.56 Å². The largest absolute Gasteiger partial charge is 0.468 e.